The van der Waals surface area contributed by atoms with Gasteiger partial charge in [-0.3, -0.25) is 0 Å². The molecule has 1 fully saturated rings. The Morgan fingerprint density at radius 3 is 3.00 bits per heavy atom. The van der Waals surface area contributed by atoms with E-state index in [0.717, 1.165) is 31.2 Å². The largest absolute Gasteiger partial charge is 0.342 e. The summed E-state index contributed by atoms with van der Waals surface area (Å²) >= 11 is 1.73. The van der Waals surface area contributed by atoms with E-state index in [1.165, 1.54) is 5.56 Å². The number of hydrogen-bond donors (Lipinski definition) is 1. The zero-order valence-electron chi connectivity index (χ0n) is 10.2. The van der Waals surface area contributed by atoms with Crippen molar-refractivity contribution in [3.05, 3.63) is 47.5 Å². The summed E-state index contributed by atoms with van der Waals surface area (Å²) in [5, 5.41) is 6.69. The summed E-state index contributed by atoms with van der Waals surface area (Å²) in [7, 11) is 0. The standard InChI is InChI=1S/C14H17N3S/c1-2-4-12(5-3-1)10-13-11-15-6-8-17(13)14-16-7-9-18-14/h1-5,7,9,13,15H,6,8,10-11H2. The second kappa shape index (κ2) is 5.50. The Kier molecular flexibility index (Phi) is 3.57. The Morgan fingerprint density at radius 1 is 1.33 bits per heavy atom. The van der Waals surface area contributed by atoms with E-state index >= 15 is 0 Å². The molecular formula is C14H17N3S. The molecule has 18 heavy (non-hydrogen) atoms. The summed E-state index contributed by atoms with van der Waals surface area (Å²) in [4.78, 5) is 6.89. The van der Waals surface area contributed by atoms with Crippen LogP contribution in [-0.2, 0) is 6.42 Å². The fraction of sp³-hybridized carbons (Fsp3) is 0.357. The van der Waals surface area contributed by atoms with E-state index in [1.807, 2.05) is 6.20 Å². The van der Waals surface area contributed by atoms with Crippen LogP contribution in [0.4, 0.5) is 5.13 Å². The van der Waals surface area contributed by atoms with Crippen LogP contribution >= 0.6 is 11.3 Å². The van der Waals surface area contributed by atoms with Crippen LogP contribution in [0.1, 0.15) is 5.56 Å². The number of thiazole rings is 1. The van der Waals surface area contributed by atoms with Crippen LogP contribution in [0.15, 0.2) is 41.9 Å². The highest BCUT2D eigenvalue weighted by molar-refractivity contribution is 7.13. The highest BCUT2D eigenvalue weighted by Gasteiger charge is 2.23. The predicted molar refractivity (Wildman–Crippen MR) is 76.3 cm³/mol. The van der Waals surface area contributed by atoms with E-state index in [-0.39, 0.29) is 0 Å². The van der Waals surface area contributed by atoms with Gasteiger partial charge in [-0.25, -0.2) is 4.98 Å². The van der Waals surface area contributed by atoms with Crippen LogP contribution in [0.2, 0.25) is 0 Å². The maximum atomic E-state index is 4.45. The zero-order chi connectivity index (χ0) is 12.2. The molecule has 4 heteroatoms. The first-order chi connectivity index (χ1) is 8.93. The van der Waals surface area contributed by atoms with Crippen LogP contribution in [-0.4, -0.2) is 30.7 Å². The fourth-order valence-corrected chi connectivity index (χ4v) is 3.18. The number of nitrogens with zero attached hydrogens (tertiary/aromatic N) is 2. The van der Waals surface area contributed by atoms with E-state index in [4.69, 9.17) is 0 Å². The van der Waals surface area contributed by atoms with Crippen molar-refractivity contribution >= 4 is 16.5 Å². The first kappa shape index (κ1) is 11.7. The highest BCUT2D eigenvalue weighted by Crippen LogP contribution is 2.22. The van der Waals surface area contributed by atoms with Crippen LogP contribution in [0.25, 0.3) is 0 Å². The Bertz CT molecular complexity index is 469. The van der Waals surface area contributed by atoms with Gasteiger partial charge in [0, 0.05) is 37.3 Å². The Labute approximate surface area is 111 Å². The first-order valence-electron chi connectivity index (χ1n) is 6.34. The minimum atomic E-state index is 0.507. The lowest BCUT2D eigenvalue weighted by molar-refractivity contribution is 0.473. The van der Waals surface area contributed by atoms with Gasteiger partial charge < -0.3 is 10.2 Å². The molecule has 1 atom stereocenters. The molecule has 3 rings (SSSR count). The van der Waals surface area contributed by atoms with Crippen molar-refractivity contribution in [2.24, 2.45) is 0 Å². The molecule has 1 unspecified atom stereocenters. The molecule has 0 bridgehead atoms. The third-order valence-electron chi connectivity index (χ3n) is 3.33. The summed E-state index contributed by atoms with van der Waals surface area (Å²) in [6.45, 7) is 3.13. The summed E-state index contributed by atoms with van der Waals surface area (Å²) in [5.74, 6) is 0. The van der Waals surface area contributed by atoms with Gasteiger partial charge in [0.1, 0.15) is 0 Å². The molecule has 0 amide bonds. The van der Waals surface area contributed by atoms with E-state index < -0.39 is 0 Å². The first-order valence-corrected chi connectivity index (χ1v) is 7.22. The average Bonchev–Trinajstić information content (AvgIpc) is 2.94. The molecular weight excluding hydrogens is 242 g/mol. The van der Waals surface area contributed by atoms with Gasteiger partial charge in [-0.2, -0.15) is 0 Å². The van der Waals surface area contributed by atoms with Crippen molar-refractivity contribution in [1.29, 1.82) is 0 Å². The number of benzene rings is 1. The maximum Gasteiger partial charge on any atom is 0.185 e. The topological polar surface area (TPSA) is 28.2 Å². The van der Waals surface area contributed by atoms with Crippen molar-refractivity contribution in [2.75, 3.05) is 24.5 Å². The van der Waals surface area contributed by atoms with E-state index in [9.17, 15) is 0 Å². The molecule has 1 aromatic heterocycles. The van der Waals surface area contributed by atoms with E-state index in [2.05, 4.69) is 50.9 Å². The minimum absolute atomic E-state index is 0.507. The van der Waals surface area contributed by atoms with Gasteiger partial charge in [0.15, 0.2) is 5.13 Å². The Morgan fingerprint density at radius 2 is 2.22 bits per heavy atom. The zero-order valence-corrected chi connectivity index (χ0v) is 11.1. The normalized spacial score (nSPS) is 20.0. The van der Waals surface area contributed by atoms with Gasteiger partial charge in [-0.15, -0.1) is 11.3 Å². The van der Waals surface area contributed by atoms with Crippen molar-refractivity contribution in [1.82, 2.24) is 10.3 Å². The molecule has 2 heterocycles. The third kappa shape index (κ3) is 2.54. The Balaban J connectivity index is 1.76. The van der Waals surface area contributed by atoms with Gasteiger partial charge in [0.25, 0.3) is 0 Å². The molecule has 1 N–H and O–H groups in total. The molecule has 1 saturated heterocycles. The lowest BCUT2D eigenvalue weighted by Crippen LogP contribution is -2.52. The fourth-order valence-electron chi connectivity index (χ4n) is 2.44. The number of hydrogen-bond acceptors (Lipinski definition) is 4. The van der Waals surface area contributed by atoms with Crippen LogP contribution < -0.4 is 10.2 Å². The quantitative estimate of drug-likeness (QED) is 0.915. The molecule has 0 spiro atoms. The smallest absolute Gasteiger partial charge is 0.185 e. The van der Waals surface area contributed by atoms with Crippen LogP contribution in [0.3, 0.4) is 0 Å². The van der Waals surface area contributed by atoms with Crippen molar-refractivity contribution in [3.8, 4) is 0 Å². The van der Waals surface area contributed by atoms with Gasteiger partial charge in [0.05, 0.1) is 0 Å². The van der Waals surface area contributed by atoms with Crippen LogP contribution in [0.5, 0.6) is 0 Å². The number of rotatable bonds is 3. The molecule has 94 valence electrons. The molecule has 0 aliphatic carbocycles. The second-order valence-electron chi connectivity index (χ2n) is 4.56. The van der Waals surface area contributed by atoms with Crippen LogP contribution in [0, 0.1) is 0 Å². The maximum absolute atomic E-state index is 4.45. The van der Waals surface area contributed by atoms with Crippen molar-refractivity contribution in [2.45, 2.75) is 12.5 Å². The summed E-state index contributed by atoms with van der Waals surface area (Å²) < 4.78 is 0. The molecule has 3 nitrogen and oxygen atoms in total. The lowest BCUT2D eigenvalue weighted by Gasteiger charge is -2.36. The van der Waals surface area contributed by atoms with Gasteiger partial charge in [-0.05, 0) is 12.0 Å². The molecule has 2 aromatic rings. The molecule has 1 aliphatic rings. The van der Waals surface area contributed by atoms with E-state index in [1.54, 1.807) is 11.3 Å². The Hall–Kier alpha value is -1.39. The predicted octanol–water partition coefficient (Wildman–Crippen LogP) is 2.16. The summed E-state index contributed by atoms with van der Waals surface area (Å²) in [6.07, 6.45) is 2.97. The number of anilines is 1. The lowest BCUT2D eigenvalue weighted by atomic mass is 10.0. The van der Waals surface area contributed by atoms with Crippen molar-refractivity contribution < 1.29 is 0 Å². The average molecular weight is 259 g/mol. The third-order valence-corrected chi connectivity index (χ3v) is 4.14. The monoisotopic (exact) mass is 259 g/mol. The summed E-state index contributed by atoms with van der Waals surface area (Å²) in [6, 6.07) is 11.2. The SMILES string of the molecule is c1ccc(CC2CNCCN2c2nccs2)cc1. The number of piperazine rings is 1. The molecule has 0 saturated carbocycles. The minimum Gasteiger partial charge on any atom is -0.342 e. The van der Waals surface area contributed by atoms with Gasteiger partial charge >= 0.3 is 0 Å². The molecule has 1 aliphatic heterocycles. The molecule has 0 radical (unpaired) electrons. The number of nitrogens with one attached hydrogen (secondary N) is 1. The molecule has 1 aromatic carbocycles. The second-order valence-corrected chi connectivity index (χ2v) is 5.43. The van der Waals surface area contributed by atoms with Gasteiger partial charge in [-0.1, -0.05) is 30.3 Å². The summed E-state index contributed by atoms with van der Waals surface area (Å²) in [5.41, 5.74) is 1.40. The number of aromatic nitrogens is 1. The van der Waals surface area contributed by atoms with Gasteiger partial charge in [0.2, 0.25) is 0 Å². The van der Waals surface area contributed by atoms with Crippen molar-refractivity contribution in [3.63, 3.8) is 0 Å². The highest BCUT2D eigenvalue weighted by atomic mass is 32.1. The van der Waals surface area contributed by atoms with E-state index in [0.29, 0.717) is 6.04 Å².